The molecule has 1 aliphatic heterocycles. The number of anilines is 1. The van der Waals surface area contributed by atoms with Gasteiger partial charge in [-0.1, -0.05) is 12.1 Å². The number of benzene rings is 1. The van der Waals surface area contributed by atoms with Crippen molar-refractivity contribution in [3.8, 4) is 0 Å². The minimum absolute atomic E-state index is 0.00969. The van der Waals surface area contributed by atoms with E-state index in [0.717, 1.165) is 12.0 Å². The molecule has 2 heterocycles. The maximum absolute atomic E-state index is 12.5. The van der Waals surface area contributed by atoms with Crippen LogP contribution in [0.25, 0.3) is 0 Å². The minimum atomic E-state index is -0.483. The summed E-state index contributed by atoms with van der Waals surface area (Å²) in [4.78, 5) is 28.5. The number of hydrogen-bond acceptors (Lipinski definition) is 6. The van der Waals surface area contributed by atoms with Crippen LogP contribution in [0.2, 0.25) is 0 Å². The van der Waals surface area contributed by atoms with Gasteiger partial charge in [0.1, 0.15) is 12.0 Å². The fourth-order valence-corrected chi connectivity index (χ4v) is 2.82. The Bertz CT molecular complexity index is 761. The lowest BCUT2D eigenvalue weighted by Gasteiger charge is -2.17. The summed E-state index contributed by atoms with van der Waals surface area (Å²) in [6.45, 7) is 1.67. The number of rotatable bonds is 5. The molecule has 1 amide bonds. The second kappa shape index (κ2) is 7.27. The summed E-state index contributed by atoms with van der Waals surface area (Å²) in [7, 11) is 0. The number of nitrogens with one attached hydrogen (secondary N) is 1. The number of aromatic nitrogens is 1. The van der Waals surface area contributed by atoms with Crippen LogP contribution in [-0.2, 0) is 6.54 Å². The van der Waals surface area contributed by atoms with Crippen molar-refractivity contribution in [3.05, 3.63) is 63.8 Å². The van der Waals surface area contributed by atoms with E-state index in [9.17, 15) is 14.9 Å². The van der Waals surface area contributed by atoms with Crippen molar-refractivity contribution in [1.29, 1.82) is 0 Å². The monoisotopic (exact) mass is 341 g/mol. The summed E-state index contributed by atoms with van der Waals surface area (Å²) in [6.07, 6.45) is 2.02. The molecule has 25 heavy (non-hydrogen) atoms. The van der Waals surface area contributed by atoms with Crippen LogP contribution in [-0.4, -0.2) is 39.8 Å². The van der Waals surface area contributed by atoms with Gasteiger partial charge >= 0.3 is 0 Å². The Morgan fingerprint density at radius 2 is 2.08 bits per heavy atom. The maximum Gasteiger partial charge on any atom is 0.287 e. The number of likely N-dealkylation sites (tertiary alicyclic amines) is 1. The van der Waals surface area contributed by atoms with Crippen molar-refractivity contribution < 1.29 is 9.72 Å². The molecule has 8 nitrogen and oxygen atoms in total. The molecular weight excluding hydrogens is 322 g/mol. The highest BCUT2D eigenvalue weighted by atomic mass is 16.6. The summed E-state index contributed by atoms with van der Waals surface area (Å²) in [5.74, 6) is 0.557. The fraction of sp³-hybridized carbons (Fsp3) is 0.294. The molecule has 1 aromatic heterocycles. The Labute approximate surface area is 144 Å². The summed E-state index contributed by atoms with van der Waals surface area (Å²) in [5.41, 5.74) is 7.15. The Hall–Kier alpha value is -3.00. The zero-order chi connectivity index (χ0) is 17.8. The maximum atomic E-state index is 12.5. The van der Waals surface area contributed by atoms with Gasteiger partial charge in [-0.2, -0.15) is 0 Å². The molecule has 0 aliphatic carbocycles. The predicted molar refractivity (Wildman–Crippen MR) is 93.2 cm³/mol. The second-order valence-corrected chi connectivity index (χ2v) is 5.94. The van der Waals surface area contributed by atoms with Crippen LogP contribution < -0.4 is 11.1 Å². The number of amides is 1. The minimum Gasteiger partial charge on any atom is -0.365 e. The number of nitrogens with two attached hydrogens (primary N) is 1. The van der Waals surface area contributed by atoms with Crippen LogP contribution in [0.1, 0.15) is 22.3 Å². The van der Waals surface area contributed by atoms with Crippen LogP contribution >= 0.6 is 0 Å². The Morgan fingerprint density at radius 1 is 1.32 bits per heavy atom. The van der Waals surface area contributed by atoms with E-state index >= 15 is 0 Å². The van der Waals surface area contributed by atoms with Crippen molar-refractivity contribution in [2.24, 2.45) is 5.73 Å². The molecule has 0 saturated carbocycles. The van der Waals surface area contributed by atoms with Crippen LogP contribution in [0, 0.1) is 10.1 Å². The Balaban J connectivity index is 1.59. The third-order valence-electron chi connectivity index (χ3n) is 4.22. The quantitative estimate of drug-likeness (QED) is 0.633. The van der Waals surface area contributed by atoms with Crippen LogP contribution in [0.5, 0.6) is 0 Å². The van der Waals surface area contributed by atoms with Crippen molar-refractivity contribution in [3.63, 3.8) is 0 Å². The van der Waals surface area contributed by atoms with Gasteiger partial charge in [0, 0.05) is 37.3 Å². The first-order valence-electron chi connectivity index (χ1n) is 8.02. The molecule has 2 aromatic rings. The largest absolute Gasteiger partial charge is 0.365 e. The molecule has 0 radical (unpaired) electrons. The fourth-order valence-electron chi connectivity index (χ4n) is 2.82. The van der Waals surface area contributed by atoms with Gasteiger partial charge in [0.05, 0.1) is 4.92 Å². The Kier molecular flexibility index (Phi) is 4.90. The number of carbonyl (C=O) groups excluding carboxylic acids is 1. The molecule has 1 atom stereocenters. The van der Waals surface area contributed by atoms with E-state index in [1.54, 1.807) is 23.1 Å². The van der Waals surface area contributed by atoms with Crippen molar-refractivity contribution >= 4 is 17.4 Å². The molecule has 1 aromatic carbocycles. The van der Waals surface area contributed by atoms with Crippen molar-refractivity contribution in [2.45, 2.75) is 19.0 Å². The third kappa shape index (κ3) is 3.92. The second-order valence-electron chi connectivity index (χ2n) is 5.94. The number of pyridine rings is 1. The summed E-state index contributed by atoms with van der Waals surface area (Å²) >= 11 is 0. The van der Waals surface area contributed by atoms with Crippen LogP contribution in [0.4, 0.5) is 11.5 Å². The zero-order valence-electron chi connectivity index (χ0n) is 13.6. The molecule has 1 unspecified atom stereocenters. The van der Waals surface area contributed by atoms with E-state index in [1.807, 2.05) is 12.1 Å². The van der Waals surface area contributed by atoms with Gasteiger partial charge in [-0.25, -0.2) is 4.98 Å². The van der Waals surface area contributed by atoms with Crippen LogP contribution in [0.3, 0.4) is 0 Å². The first-order valence-corrected chi connectivity index (χ1v) is 8.02. The molecule has 0 bridgehead atoms. The van der Waals surface area contributed by atoms with E-state index in [2.05, 4.69) is 10.3 Å². The molecule has 3 N–H and O–H groups in total. The predicted octanol–water partition coefficient (Wildman–Crippen LogP) is 1.78. The first-order chi connectivity index (χ1) is 12.1. The number of carbonyl (C=O) groups is 1. The van der Waals surface area contributed by atoms with Crippen LogP contribution in [0.15, 0.2) is 42.6 Å². The van der Waals surface area contributed by atoms with Gasteiger partial charge in [0.15, 0.2) is 0 Å². The lowest BCUT2D eigenvalue weighted by atomic mass is 10.1. The summed E-state index contributed by atoms with van der Waals surface area (Å²) in [6, 6.07) is 10.4. The first kappa shape index (κ1) is 16.8. The van der Waals surface area contributed by atoms with Gasteiger partial charge in [0.2, 0.25) is 0 Å². The molecule has 1 aliphatic rings. The lowest BCUT2D eigenvalue weighted by Crippen LogP contribution is -2.31. The highest BCUT2D eigenvalue weighted by Gasteiger charge is 2.27. The average molecular weight is 341 g/mol. The highest BCUT2D eigenvalue weighted by Crippen LogP contribution is 2.19. The number of hydrogen-bond donors (Lipinski definition) is 2. The highest BCUT2D eigenvalue weighted by molar-refractivity contribution is 5.94. The molecule has 130 valence electrons. The molecule has 1 fully saturated rings. The normalized spacial score (nSPS) is 16.7. The van der Waals surface area contributed by atoms with E-state index in [1.165, 1.54) is 12.3 Å². The molecule has 8 heteroatoms. The standard InChI is InChI=1S/C17H19N5O3/c18-9-12-1-3-13(4-2-12)17(23)21-8-7-14(11-21)20-16-6-5-15(10-19-16)22(24)25/h1-6,10,14H,7-9,11,18H2,(H,19,20). The van der Waals surface area contributed by atoms with Gasteiger partial charge in [-0.3, -0.25) is 14.9 Å². The Morgan fingerprint density at radius 3 is 2.68 bits per heavy atom. The van der Waals surface area contributed by atoms with E-state index in [-0.39, 0.29) is 17.6 Å². The summed E-state index contributed by atoms with van der Waals surface area (Å²) < 4.78 is 0. The smallest absolute Gasteiger partial charge is 0.287 e. The molecule has 3 rings (SSSR count). The topological polar surface area (TPSA) is 114 Å². The molecule has 1 saturated heterocycles. The SMILES string of the molecule is NCc1ccc(C(=O)N2CCC(Nc3ccc([N+](=O)[O-])cn3)C2)cc1. The van der Waals surface area contributed by atoms with E-state index < -0.39 is 4.92 Å². The number of nitrogens with zero attached hydrogens (tertiary/aromatic N) is 3. The lowest BCUT2D eigenvalue weighted by molar-refractivity contribution is -0.385. The van der Waals surface area contributed by atoms with E-state index in [0.29, 0.717) is 31.0 Å². The average Bonchev–Trinajstić information content (AvgIpc) is 3.10. The van der Waals surface area contributed by atoms with Crippen molar-refractivity contribution in [2.75, 3.05) is 18.4 Å². The summed E-state index contributed by atoms with van der Waals surface area (Å²) in [5, 5.41) is 13.9. The molecule has 0 spiro atoms. The molecular formula is C17H19N5O3. The van der Waals surface area contributed by atoms with Gasteiger partial charge in [0.25, 0.3) is 11.6 Å². The zero-order valence-corrected chi connectivity index (χ0v) is 13.6. The number of nitro groups is 1. The van der Waals surface area contributed by atoms with Crippen molar-refractivity contribution in [1.82, 2.24) is 9.88 Å². The third-order valence-corrected chi connectivity index (χ3v) is 4.22. The van der Waals surface area contributed by atoms with Gasteiger partial charge in [-0.05, 0) is 30.2 Å². The van der Waals surface area contributed by atoms with E-state index in [4.69, 9.17) is 5.73 Å². The van der Waals surface area contributed by atoms with Gasteiger partial charge in [-0.15, -0.1) is 0 Å². The van der Waals surface area contributed by atoms with Gasteiger partial charge < -0.3 is 16.0 Å².